The molecule has 0 aromatic heterocycles. The molecule has 2 N–H and O–H groups in total. The van der Waals surface area contributed by atoms with Crippen LogP contribution in [0.5, 0.6) is 5.75 Å². The van der Waals surface area contributed by atoms with Crippen LogP contribution in [0.2, 0.25) is 0 Å². The number of carboxylic acid groups (broad SMARTS) is 1. The van der Waals surface area contributed by atoms with E-state index in [0.717, 1.165) is 51.1 Å². The number of hydrogen-bond donors (Lipinski definition) is 2. The Morgan fingerprint density at radius 3 is 2.77 bits per heavy atom. The van der Waals surface area contributed by atoms with Gasteiger partial charge in [0.15, 0.2) is 0 Å². The van der Waals surface area contributed by atoms with Crippen molar-refractivity contribution in [2.75, 3.05) is 39.3 Å². The summed E-state index contributed by atoms with van der Waals surface area (Å²) >= 11 is 0. The lowest BCUT2D eigenvalue weighted by molar-refractivity contribution is -0.136. The van der Waals surface area contributed by atoms with Gasteiger partial charge in [0.05, 0.1) is 13.0 Å². The normalized spacial score (nSPS) is 18.7. The van der Waals surface area contributed by atoms with Gasteiger partial charge in [0, 0.05) is 38.6 Å². The highest BCUT2D eigenvalue weighted by molar-refractivity contribution is 7.87. The number of carbonyl (C=O) groups is 1. The van der Waals surface area contributed by atoms with Crippen LogP contribution in [0.4, 0.5) is 0 Å². The van der Waals surface area contributed by atoms with Crippen LogP contribution in [0.3, 0.4) is 0 Å². The van der Waals surface area contributed by atoms with Gasteiger partial charge in [0.2, 0.25) is 0 Å². The molecule has 31 heavy (non-hydrogen) atoms. The smallest absolute Gasteiger partial charge is 0.304 e. The molecular weight excluding hydrogens is 418 g/mol. The monoisotopic (exact) mass is 453 g/mol. The summed E-state index contributed by atoms with van der Waals surface area (Å²) < 4.78 is 34.1. The average Bonchev–Trinajstić information content (AvgIpc) is 3.19. The Kier molecular flexibility index (Phi) is 8.32. The first-order chi connectivity index (χ1) is 14.8. The number of hydrogen-bond acceptors (Lipinski definition) is 5. The fraction of sp³-hybridized carbons (Fsp3) is 0.682. The Bertz CT molecular complexity index is 853. The summed E-state index contributed by atoms with van der Waals surface area (Å²) in [5.74, 6) is 0.465. The molecule has 0 bridgehead atoms. The predicted octanol–water partition coefficient (Wildman–Crippen LogP) is 1.90. The van der Waals surface area contributed by atoms with Crippen molar-refractivity contribution in [2.24, 2.45) is 5.92 Å². The van der Waals surface area contributed by atoms with Crippen LogP contribution in [-0.4, -0.2) is 74.1 Å². The van der Waals surface area contributed by atoms with Gasteiger partial charge >= 0.3 is 5.97 Å². The zero-order valence-corrected chi connectivity index (χ0v) is 19.4. The lowest BCUT2D eigenvalue weighted by Gasteiger charge is -2.36. The summed E-state index contributed by atoms with van der Waals surface area (Å²) in [6, 6.07) is 6.93. The molecule has 1 atom stereocenters. The molecule has 0 radical (unpaired) electrons. The van der Waals surface area contributed by atoms with E-state index in [4.69, 9.17) is 9.84 Å². The number of likely N-dealkylation sites (N-methyl/N-ethyl adjacent to an activating group) is 1. The molecule has 1 fully saturated rings. The van der Waals surface area contributed by atoms with Crippen LogP contribution in [0.15, 0.2) is 18.2 Å². The third-order valence-corrected chi connectivity index (χ3v) is 7.96. The van der Waals surface area contributed by atoms with Crippen molar-refractivity contribution >= 4 is 16.2 Å². The van der Waals surface area contributed by atoms with Crippen molar-refractivity contribution in [2.45, 2.75) is 52.0 Å². The SMILES string of the molecule is CCN(CC1CCN(S(=O)(=O)NCCC(=O)O)CC1)C(C)Cc1ccc2c(c1)CCO2. The van der Waals surface area contributed by atoms with Crippen LogP contribution in [-0.2, 0) is 27.8 Å². The molecule has 174 valence electrons. The van der Waals surface area contributed by atoms with Crippen LogP contribution >= 0.6 is 0 Å². The zero-order valence-electron chi connectivity index (χ0n) is 18.5. The first kappa shape index (κ1) is 24.0. The molecule has 1 unspecified atom stereocenters. The summed E-state index contributed by atoms with van der Waals surface area (Å²) in [7, 11) is -3.60. The van der Waals surface area contributed by atoms with E-state index in [1.807, 2.05) is 0 Å². The maximum Gasteiger partial charge on any atom is 0.304 e. The van der Waals surface area contributed by atoms with Crippen molar-refractivity contribution < 1.29 is 23.1 Å². The average molecular weight is 454 g/mol. The number of piperidine rings is 1. The van der Waals surface area contributed by atoms with Crippen molar-refractivity contribution in [1.29, 1.82) is 0 Å². The van der Waals surface area contributed by atoms with Gasteiger partial charge in [-0.25, -0.2) is 4.72 Å². The Morgan fingerprint density at radius 2 is 2.10 bits per heavy atom. The van der Waals surface area contributed by atoms with Crippen LogP contribution in [0.1, 0.15) is 44.2 Å². The largest absolute Gasteiger partial charge is 0.493 e. The predicted molar refractivity (Wildman–Crippen MR) is 120 cm³/mol. The van der Waals surface area contributed by atoms with Gasteiger partial charge in [-0.3, -0.25) is 4.79 Å². The van der Waals surface area contributed by atoms with Gasteiger partial charge in [0.25, 0.3) is 10.2 Å². The van der Waals surface area contributed by atoms with Crippen LogP contribution < -0.4 is 9.46 Å². The molecule has 1 saturated heterocycles. The quantitative estimate of drug-likeness (QED) is 0.531. The molecule has 0 saturated carbocycles. The van der Waals surface area contributed by atoms with Gasteiger partial charge in [-0.05, 0) is 55.8 Å². The van der Waals surface area contributed by atoms with Gasteiger partial charge in [-0.15, -0.1) is 0 Å². The van der Waals surface area contributed by atoms with Gasteiger partial charge in [-0.1, -0.05) is 19.1 Å². The minimum atomic E-state index is -3.60. The molecule has 0 aliphatic carbocycles. The fourth-order valence-electron chi connectivity index (χ4n) is 4.50. The van der Waals surface area contributed by atoms with E-state index < -0.39 is 16.2 Å². The number of aliphatic carboxylic acids is 1. The second-order valence-electron chi connectivity index (χ2n) is 8.57. The van der Waals surface area contributed by atoms with E-state index in [2.05, 4.69) is 41.7 Å². The minimum Gasteiger partial charge on any atom is -0.493 e. The number of nitrogens with one attached hydrogen (secondary N) is 1. The van der Waals surface area contributed by atoms with E-state index >= 15 is 0 Å². The maximum atomic E-state index is 12.3. The van der Waals surface area contributed by atoms with Crippen molar-refractivity contribution in [3.63, 3.8) is 0 Å². The van der Waals surface area contributed by atoms with Crippen molar-refractivity contribution in [3.05, 3.63) is 29.3 Å². The lowest BCUT2D eigenvalue weighted by Crippen LogP contribution is -2.47. The Morgan fingerprint density at radius 1 is 1.35 bits per heavy atom. The minimum absolute atomic E-state index is 0.0759. The first-order valence-electron chi connectivity index (χ1n) is 11.2. The standard InChI is InChI=1S/C22H35N3O5S/c1-3-24(17(2)14-19-4-5-21-20(15-19)9-13-30-21)16-18-7-11-25(12-8-18)31(28,29)23-10-6-22(26)27/h4-5,15,17-18,23H,3,6-14,16H2,1-2H3,(H,26,27). The number of carboxylic acids is 1. The summed E-state index contributed by atoms with van der Waals surface area (Å²) in [4.78, 5) is 13.1. The number of fused-ring (bicyclic) bond motifs is 1. The van der Waals surface area contributed by atoms with Crippen molar-refractivity contribution in [3.8, 4) is 5.75 Å². The Labute approximate surface area is 185 Å². The van der Waals surface area contributed by atoms with Gasteiger partial charge < -0.3 is 14.7 Å². The van der Waals surface area contributed by atoms with E-state index in [9.17, 15) is 13.2 Å². The highest BCUT2D eigenvalue weighted by atomic mass is 32.2. The summed E-state index contributed by atoms with van der Waals surface area (Å²) in [6.07, 6.45) is 3.40. The topological polar surface area (TPSA) is 99.2 Å². The van der Waals surface area contributed by atoms with E-state index in [1.165, 1.54) is 15.4 Å². The molecule has 2 heterocycles. The Balaban J connectivity index is 1.47. The third-order valence-electron chi connectivity index (χ3n) is 6.34. The summed E-state index contributed by atoms with van der Waals surface area (Å²) in [5.41, 5.74) is 2.64. The number of ether oxygens (including phenoxy) is 1. The number of nitrogens with zero attached hydrogens (tertiary/aromatic N) is 2. The van der Waals surface area contributed by atoms with Crippen LogP contribution in [0.25, 0.3) is 0 Å². The Hall–Kier alpha value is -1.68. The van der Waals surface area contributed by atoms with E-state index in [-0.39, 0.29) is 13.0 Å². The van der Waals surface area contributed by atoms with Crippen molar-refractivity contribution in [1.82, 2.24) is 13.9 Å². The molecule has 1 aromatic rings. The molecule has 0 amide bonds. The summed E-state index contributed by atoms with van der Waals surface area (Å²) in [6.45, 7) is 8.02. The number of benzene rings is 1. The second kappa shape index (κ2) is 10.8. The molecule has 3 rings (SSSR count). The lowest BCUT2D eigenvalue weighted by atomic mass is 9.96. The molecule has 1 aromatic carbocycles. The highest BCUT2D eigenvalue weighted by Crippen LogP contribution is 2.27. The molecular formula is C22H35N3O5S. The van der Waals surface area contributed by atoms with Gasteiger partial charge in [-0.2, -0.15) is 12.7 Å². The third kappa shape index (κ3) is 6.65. The molecule has 2 aliphatic rings. The summed E-state index contributed by atoms with van der Waals surface area (Å²) in [5, 5.41) is 8.68. The highest BCUT2D eigenvalue weighted by Gasteiger charge is 2.29. The second-order valence-corrected chi connectivity index (χ2v) is 10.3. The zero-order chi connectivity index (χ0) is 22.4. The molecule has 8 nitrogen and oxygen atoms in total. The van der Waals surface area contributed by atoms with Gasteiger partial charge in [0.1, 0.15) is 5.75 Å². The van der Waals surface area contributed by atoms with E-state index in [0.29, 0.717) is 25.0 Å². The number of rotatable bonds is 11. The first-order valence-corrected chi connectivity index (χ1v) is 12.7. The van der Waals surface area contributed by atoms with E-state index in [1.54, 1.807) is 0 Å². The molecule has 9 heteroatoms. The molecule has 2 aliphatic heterocycles. The van der Waals surface area contributed by atoms with Crippen LogP contribution in [0, 0.1) is 5.92 Å². The maximum absolute atomic E-state index is 12.3. The molecule has 0 spiro atoms. The fourth-order valence-corrected chi connectivity index (χ4v) is 5.73.